The summed E-state index contributed by atoms with van der Waals surface area (Å²) in [5, 5.41) is 5.98. The summed E-state index contributed by atoms with van der Waals surface area (Å²) < 4.78 is 13.2. The number of halogens is 1. The summed E-state index contributed by atoms with van der Waals surface area (Å²) in [7, 11) is 0. The van der Waals surface area contributed by atoms with Crippen LogP contribution in [0.2, 0.25) is 0 Å². The van der Waals surface area contributed by atoms with Crippen molar-refractivity contribution < 1.29 is 9.49 Å². The summed E-state index contributed by atoms with van der Waals surface area (Å²) in [6.07, 6.45) is 3.19. The Hall–Kier alpha value is -1.75. The molecule has 0 amide bonds. The number of hydrogen-bond donors (Lipinski definition) is 3. The van der Waals surface area contributed by atoms with Crippen LogP contribution in [0.5, 0.6) is 0 Å². The molecule has 1 aromatic carbocycles. The number of hydrazone groups is 1. The van der Waals surface area contributed by atoms with Crippen LogP contribution < -0.4 is 15.8 Å². The van der Waals surface area contributed by atoms with Crippen LogP contribution in [-0.4, -0.2) is 17.9 Å². The molecule has 0 radical (unpaired) electrons. The number of hydrogen-bond acceptors (Lipinski definition) is 1. The van der Waals surface area contributed by atoms with Crippen LogP contribution in [0.1, 0.15) is 5.56 Å². The van der Waals surface area contributed by atoms with Gasteiger partial charge in [-0.1, -0.05) is 18.2 Å². The van der Waals surface area contributed by atoms with Crippen molar-refractivity contribution in [2.24, 2.45) is 0 Å². The fraction of sp³-hybridized carbons (Fsp3) is 0.0909. The molecule has 1 aromatic rings. The van der Waals surface area contributed by atoms with E-state index in [2.05, 4.69) is 22.4 Å². The number of hydrazine groups is 1. The summed E-state index contributed by atoms with van der Waals surface area (Å²) in [6.45, 7) is 4.12. The lowest BCUT2D eigenvalue weighted by molar-refractivity contribution is -0.500. The van der Waals surface area contributed by atoms with E-state index in [0.717, 1.165) is 0 Å². The first-order valence-electron chi connectivity index (χ1n) is 4.72. The SMILES string of the molecule is C=CCNC(=S)N[NH+]=Cc1ccccc1F. The first-order valence-corrected chi connectivity index (χ1v) is 5.13. The van der Waals surface area contributed by atoms with Crippen LogP contribution in [0.25, 0.3) is 0 Å². The van der Waals surface area contributed by atoms with E-state index >= 15 is 0 Å². The molecule has 0 bridgehead atoms. The van der Waals surface area contributed by atoms with Crippen LogP contribution >= 0.6 is 12.2 Å². The van der Waals surface area contributed by atoms with Gasteiger partial charge in [0.2, 0.25) is 11.3 Å². The Morgan fingerprint density at radius 2 is 2.25 bits per heavy atom. The normalized spacial score (nSPS) is 10.1. The van der Waals surface area contributed by atoms with E-state index in [-0.39, 0.29) is 5.82 Å². The Bertz CT molecular complexity index is 404. The molecule has 16 heavy (non-hydrogen) atoms. The van der Waals surface area contributed by atoms with Gasteiger partial charge in [0.15, 0.2) is 0 Å². The van der Waals surface area contributed by atoms with Crippen LogP contribution in [0.3, 0.4) is 0 Å². The predicted octanol–water partition coefficient (Wildman–Crippen LogP) is -0.110. The largest absolute Gasteiger partial charge is 0.355 e. The molecular formula is C11H13FN3S+. The highest BCUT2D eigenvalue weighted by molar-refractivity contribution is 7.80. The molecule has 0 aliphatic heterocycles. The van der Waals surface area contributed by atoms with Gasteiger partial charge in [0.05, 0.1) is 5.56 Å². The lowest BCUT2D eigenvalue weighted by atomic mass is 10.2. The second-order valence-corrected chi connectivity index (χ2v) is 3.34. The Morgan fingerprint density at radius 1 is 1.50 bits per heavy atom. The zero-order chi connectivity index (χ0) is 11.8. The smallest absolute Gasteiger partial charge is 0.224 e. The Morgan fingerprint density at radius 3 is 2.94 bits per heavy atom. The van der Waals surface area contributed by atoms with Gasteiger partial charge in [0.25, 0.3) is 0 Å². The van der Waals surface area contributed by atoms with E-state index in [4.69, 9.17) is 12.2 Å². The molecule has 0 aliphatic carbocycles. The number of rotatable bonds is 4. The third-order valence-electron chi connectivity index (χ3n) is 1.73. The molecule has 0 fully saturated rings. The second-order valence-electron chi connectivity index (χ2n) is 2.93. The van der Waals surface area contributed by atoms with Crippen molar-refractivity contribution in [1.82, 2.24) is 10.7 Å². The van der Waals surface area contributed by atoms with Gasteiger partial charge in [0.1, 0.15) is 5.82 Å². The molecule has 0 atom stereocenters. The molecule has 1 rings (SSSR count). The van der Waals surface area contributed by atoms with E-state index in [1.165, 1.54) is 12.3 Å². The van der Waals surface area contributed by atoms with Gasteiger partial charge in [-0.05, 0) is 24.4 Å². The first-order chi connectivity index (χ1) is 7.74. The lowest BCUT2D eigenvalue weighted by Gasteiger charge is -1.99. The molecule has 0 saturated carbocycles. The van der Waals surface area contributed by atoms with Gasteiger partial charge < -0.3 is 5.32 Å². The molecule has 3 nitrogen and oxygen atoms in total. The van der Waals surface area contributed by atoms with Crippen molar-refractivity contribution in [1.29, 1.82) is 0 Å². The molecule has 0 spiro atoms. The fourth-order valence-corrected chi connectivity index (χ4v) is 1.12. The second kappa shape index (κ2) is 6.68. The molecule has 0 heterocycles. The average molecular weight is 238 g/mol. The molecular weight excluding hydrogens is 225 g/mol. The minimum atomic E-state index is -0.290. The summed E-state index contributed by atoms with van der Waals surface area (Å²) >= 11 is 4.92. The molecule has 0 aromatic heterocycles. The molecule has 5 heteroatoms. The van der Waals surface area contributed by atoms with Crippen molar-refractivity contribution >= 4 is 23.5 Å². The van der Waals surface area contributed by atoms with Crippen molar-refractivity contribution in [2.75, 3.05) is 6.54 Å². The Kier molecular flexibility index (Phi) is 5.15. The highest BCUT2D eigenvalue weighted by Crippen LogP contribution is 2.00. The maximum atomic E-state index is 13.2. The molecule has 0 unspecified atom stereocenters. The lowest BCUT2D eigenvalue weighted by Crippen LogP contribution is -2.82. The van der Waals surface area contributed by atoms with Crippen LogP contribution in [0.15, 0.2) is 36.9 Å². The fourth-order valence-electron chi connectivity index (χ4n) is 0.981. The first kappa shape index (κ1) is 12.3. The van der Waals surface area contributed by atoms with Gasteiger partial charge in [0, 0.05) is 6.54 Å². The molecule has 3 N–H and O–H groups in total. The van der Waals surface area contributed by atoms with Crippen LogP contribution in [0.4, 0.5) is 4.39 Å². The highest BCUT2D eigenvalue weighted by atomic mass is 32.1. The standard InChI is InChI=1S/C11H12FN3S/c1-2-7-13-11(16)15-14-8-9-5-3-4-6-10(9)12/h2-6,8H,1,7H2,(H2,13,15,16)/p+1. The third kappa shape index (κ3) is 4.18. The van der Waals surface area contributed by atoms with Gasteiger partial charge in [-0.15, -0.1) is 17.1 Å². The van der Waals surface area contributed by atoms with Crippen molar-refractivity contribution in [3.63, 3.8) is 0 Å². The maximum Gasteiger partial charge on any atom is 0.224 e. The van der Waals surface area contributed by atoms with Gasteiger partial charge in [-0.3, -0.25) is 0 Å². The number of nitrogens with one attached hydrogen (secondary N) is 3. The zero-order valence-electron chi connectivity index (χ0n) is 8.66. The topological polar surface area (TPSA) is 38.0 Å². The predicted molar refractivity (Wildman–Crippen MR) is 66.5 cm³/mol. The Balaban J connectivity index is 2.46. The number of thiocarbonyl (C=S) groups is 1. The van der Waals surface area contributed by atoms with E-state index in [1.807, 2.05) is 0 Å². The summed E-state index contributed by atoms with van der Waals surface area (Å²) in [5.74, 6) is -0.290. The molecule has 84 valence electrons. The minimum absolute atomic E-state index is 0.290. The van der Waals surface area contributed by atoms with E-state index < -0.39 is 0 Å². The van der Waals surface area contributed by atoms with Gasteiger partial charge >= 0.3 is 0 Å². The molecule has 0 aliphatic rings. The third-order valence-corrected chi connectivity index (χ3v) is 1.97. The average Bonchev–Trinajstić information content (AvgIpc) is 2.29. The van der Waals surface area contributed by atoms with E-state index in [1.54, 1.807) is 24.3 Å². The minimum Gasteiger partial charge on any atom is -0.355 e. The summed E-state index contributed by atoms with van der Waals surface area (Å²) in [5.41, 5.74) is 3.15. The maximum absolute atomic E-state index is 13.2. The van der Waals surface area contributed by atoms with Crippen LogP contribution in [-0.2, 0) is 0 Å². The summed E-state index contributed by atoms with van der Waals surface area (Å²) in [4.78, 5) is 0. The quantitative estimate of drug-likeness (QED) is 0.297. The highest BCUT2D eigenvalue weighted by Gasteiger charge is 1.99. The van der Waals surface area contributed by atoms with Crippen molar-refractivity contribution in [3.05, 3.63) is 48.3 Å². The van der Waals surface area contributed by atoms with Crippen LogP contribution in [0, 0.1) is 5.82 Å². The van der Waals surface area contributed by atoms with Crippen molar-refractivity contribution in [2.45, 2.75) is 0 Å². The van der Waals surface area contributed by atoms with E-state index in [0.29, 0.717) is 17.2 Å². The van der Waals surface area contributed by atoms with Gasteiger partial charge in [-0.2, -0.15) is 0 Å². The Labute approximate surface area is 99.1 Å². The van der Waals surface area contributed by atoms with Gasteiger partial charge in [-0.25, -0.2) is 4.39 Å². The van der Waals surface area contributed by atoms with Crippen molar-refractivity contribution in [3.8, 4) is 0 Å². The summed E-state index contributed by atoms with van der Waals surface area (Å²) in [6, 6.07) is 6.44. The molecule has 0 saturated heterocycles. The monoisotopic (exact) mass is 238 g/mol. The van der Waals surface area contributed by atoms with E-state index in [9.17, 15) is 4.39 Å². The zero-order valence-corrected chi connectivity index (χ0v) is 9.48. The number of benzene rings is 1.